The Bertz CT molecular complexity index is 120. The molecule has 0 bridgehead atoms. The molecule has 0 fully saturated rings. The lowest BCUT2D eigenvalue weighted by Crippen LogP contribution is -1.44. The first-order valence-electron chi connectivity index (χ1n) is 1.93. The molecule has 4 nitrogen and oxygen atoms in total. The summed E-state index contributed by atoms with van der Waals surface area (Å²) in [5, 5.41) is 11.2. The van der Waals surface area contributed by atoms with Crippen LogP contribution in [0.15, 0.2) is 18.7 Å². The smallest absolute Gasteiger partial charge is 0.0919 e. The van der Waals surface area contributed by atoms with E-state index in [0.717, 1.165) is 0 Å². The van der Waals surface area contributed by atoms with Gasteiger partial charge >= 0.3 is 0 Å². The summed E-state index contributed by atoms with van der Waals surface area (Å²) in [6, 6.07) is 1.25. The van der Waals surface area contributed by atoms with Crippen LogP contribution in [0.5, 0.6) is 0 Å². The lowest BCUT2D eigenvalue weighted by atomic mass is 11.0. The number of H-pyrrole nitrogens is 1. The second-order valence-electron chi connectivity index (χ2n) is 0.886. The van der Waals surface area contributed by atoms with Crippen molar-refractivity contribution >= 4 is 6.01 Å². The second-order valence-corrected chi connectivity index (χ2v) is 0.886. The van der Waals surface area contributed by atoms with E-state index in [1.807, 2.05) is 0 Å². The standard InChI is InChI=1S/C3H4N2.CH2N2/c1-2-5-3-4-1;2-1-3/h1-3H,(H,4,5);2-3H. The number of nitrogens with one attached hydrogen (secondary N) is 3. The van der Waals surface area contributed by atoms with Crippen LogP contribution in [0.4, 0.5) is 0 Å². The van der Waals surface area contributed by atoms with E-state index in [-0.39, 0.29) is 0 Å². The van der Waals surface area contributed by atoms with Crippen LogP contribution in [0.3, 0.4) is 0 Å². The Balaban J connectivity index is 0.000000145. The van der Waals surface area contributed by atoms with E-state index in [2.05, 4.69) is 9.97 Å². The van der Waals surface area contributed by atoms with Gasteiger partial charge < -0.3 is 4.98 Å². The van der Waals surface area contributed by atoms with Gasteiger partial charge in [0, 0.05) is 12.4 Å². The van der Waals surface area contributed by atoms with Crippen LogP contribution in [-0.2, 0) is 0 Å². The highest BCUT2D eigenvalue weighted by molar-refractivity contribution is 5.29. The third kappa shape index (κ3) is 4.59. The van der Waals surface area contributed by atoms with Crippen LogP contribution in [0.1, 0.15) is 0 Å². The van der Waals surface area contributed by atoms with Crippen molar-refractivity contribution in [3.63, 3.8) is 0 Å². The molecule has 0 atom stereocenters. The van der Waals surface area contributed by atoms with E-state index < -0.39 is 0 Å². The molecule has 0 aromatic carbocycles. The van der Waals surface area contributed by atoms with Gasteiger partial charge in [-0.3, -0.25) is 0 Å². The molecule has 42 valence electrons. The molecule has 0 saturated heterocycles. The van der Waals surface area contributed by atoms with Gasteiger partial charge in [0.1, 0.15) is 0 Å². The maximum absolute atomic E-state index is 5.62. The van der Waals surface area contributed by atoms with Crippen LogP contribution in [0, 0.1) is 10.8 Å². The maximum atomic E-state index is 5.62. The zero-order chi connectivity index (χ0) is 6.24. The largest absolute Gasteiger partial charge is 0.351 e. The summed E-state index contributed by atoms with van der Waals surface area (Å²) < 4.78 is 0. The predicted molar refractivity (Wildman–Crippen MR) is 29.0 cm³/mol. The van der Waals surface area contributed by atoms with Crippen molar-refractivity contribution in [2.24, 2.45) is 0 Å². The fourth-order valence-corrected chi connectivity index (χ4v) is 0.215. The molecule has 4 heteroatoms. The molecule has 0 saturated carbocycles. The molecule has 1 rings (SSSR count). The molecule has 1 aromatic rings. The van der Waals surface area contributed by atoms with E-state index >= 15 is 0 Å². The monoisotopic (exact) mass is 110 g/mol. The molecule has 1 heterocycles. The zero-order valence-electron chi connectivity index (χ0n) is 4.18. The van der Waals surface area contributed by atoms with Crippen LogP contribution >= 0.6 is 0 Å². The molecule has 0 radical (unpaired) electrons. The average Bonchev–Trinajstić information content (AvgIpc) is 2.17. The Morgan fingerprint density at radius 1 is 1.50 bits per heavy atom. The van der Waals surface area contributed by atoms with Gasteiger partial charge in [-0.15, -0.1) is 0 Å². The fraction of sp³-hybridized carbons (Fsp3) is 0. The highest BCUT2D eigenvalue weighted by Gasteiger charge is 1.56. The Kier molecular flexibility index (Phi) is 4.60. The first kappa shape index (κ1) is 6.59. The van der Waals surface area contributed by atoms with Crippen LogP contribution < -0.4 is 0 Å². The summed E-state index contributed by atoms with van der Waals surface area (Å²) in [4.78, 5) is 6.42. The minimum absolute atomic E-state index is 1.25. The lowest BCUT2D eigenvalue weighted by molar-refractivity contribution is 1.31. The number of rotatable bonds is 0. The molecule has 0 amide bonds. The molecule has 0 aliphatic heterocycles. The van der Waals surface area contributed by atoms with Gasteiger partial charge in [0.05, 0.1) is 12.3 Å². The molecule has 0 spiro atoms. The zero-order valence-corrected chi connectivity index (χ0v) is 4.18. The van der Waals surface area contributed by atoms with E-state index in [0.29, 0.717) is 0 Å². The second kappa shape index (κ2) is 5.59. The summed E-state index contributed by atoms with van der Waals surface area (Å²) in [5.74, 6) is 0. The van der Waals surface area contributed by atoms with Gasteiger partial charge in [0.2, 0.25) is 0 Å². The molecule has 3 N–H and O–H groups in total. The third-order valence-corrected chi connectivity index (χ3v) is 0.406. The van der Waals surface area contributed by atoms with Gasteiger partial charge in [-0.2, -0.15) is 0 Å². The van der Waals surface area contributed by atoms with Gasteiger partial charge in [-0.25, -0.2) is 15.8 Å². The maximum Gasteiger partial charge on any atom is 0.0919 e. The van der Waals surface area contributed by atoms with Crippen LogP contribution in [0.2, 0.25) is 0 Å². The number of aromatic nitrogens is 2. The number of hydrogen-bond donors (Lipinski definition) is 3. The Morgan fingerprint density at radius 2 is 2.12 bits per heavy atom. The average molecular weight is 110 g/mol. The summed E-state index contributed by atoms with van der Waals surface area (Å²) >= 11 is 0. The molecular formula is C4H6N4. The predicted octanol–water partition coefficient (Wildman–Crippen LogP) is 0.728. The summed E-state index contributed by atoms with van der Waals surface area (Å²) in [6.07, 6.45) is 5.08. The number of nitrogens with zero attached hydrogens (tertiary/aromatic N) is 1. The van der Waals surface area contributed by atoms with E-state index in [1.54, 1.807) is 18.7 Å². The number of hydrogen-bond acceptors (Lipinski definition) is 3. The van der Waals surface area contributed by atoms with Crippen molar-refractivity contribution in [3.05, 3.63) is 18.7 Å². The van der Waals surface area contributed by atoms with Gasteiger partial charge in [-0.05, 0) is 0 Å². The molecule has 8 heavy (non-hydrogen) atoms. The third-order valence-electron chi connectivity index (χ3n) is 0.406. The summed E-state index contributed by atoms with van der Waals surface area (Å²) in [5.41, 5.74) is 0. The van der Waals surface area contributed by atoms with Crippen molar-refractivity contribution in [2.45, 2.75) is 0 Å². The first-order valence-corrected chi connectivity index (χ1v) is 1.93. The number of imidazole rings is 1. The van der Waals surface area contributed by atoms with Gasteiger partial charge in [-0.1, -0.05) is 0 Å². The van der Waals surface area contributed by atoms with Crippen molar-refractivity contribution in [3.8, 4) is 0 Å². The topological polar surface area (TPSA) is 76.4 Å². The summed E-state index contributed by atoms with van der Waals surface area (Å²) in [6.45, 7) is 0. The Hall–Kier alpha value is -1.41. The van der Waals surface area contributed by atoms with Crippen LogP contribution in [-0.4, -0.2) is 16.0 Å². The Labute approximate surface area is 46.6 Å². The quantitative estimate of drug-likeness (QED) is 0.423. The lowest BCUT2D eigenvalue weighted by Gasteiger charge is -1.46. The molecule has 0 unspecified atom stereocenters. The molecule has 1 aromatic heterocycles. The van der Waals surface area contributed by atoms with Crippen molar-refractivity contribution < 1.29 is 0 Å². The minimum Gasteiger partial charge on any atom is -0.351 e. The van der Waals surface area contributed by atoms with E-state index in [1.165, 1.54) is 6.01 Å². The molecular weight excluding hydrogens is 104 g/mol. The molecule has 0 aliphatic carbocycles. The SMILES string of the molecule is N=C=N.c1c[nH]cn1. The molecule has 0 aliphatic rings. The van der Waals surface area contributed by atoms with Crippen molar-refractivity contribution in [1.82, 2.24) is 9.97 Å². The minimum atomic E-state index is 1.25. The number of aromatic amines is 1. The van der Waals surface area contributed by atoms with Gasteiger partial charge in [0.25, 0.3) is 0 Å². The highest BCUT2D eigenvalue weighted by atomic mass is 14.8. The van der Waals surface area contributed by atoms with Gasteiger partial charge in [0.15, 0.2) is 0 Å². The Morgan fingerprint density at radius 3 is 2.25 bits per heavy atom. The van der Waals surface area contributed by atoms with E-state index in [4.69, 9.17) is 10.8 Å². The highest BCUT2D eigenvalue weighted by Crippen LogP contribution is 1.62. The first-order chi connectivity index (χ1) is 3.91. The van der Waals surface area contributed by atoms with E-state index in [9.17, 15) is 0 Å². The summed E-state index contributed by atoms with van der Waals surface area (Å²) in [7, 11) is 0. The van der Waals surface area contributed by atoms with Crippen molar-refractivity contribution in [1.29, 1.82) is 10.8 Å². The fourth-order valence-electron chi connectivity index (χ4n) is 0.215. The normalized spacial score (nSPS) is 6.00. The van der Waals surface area contributed by atoms with Crippen molar-refractivity contribution in [2.75, 3.05) is 0 Å². The van der Waals surface area contributed by atoms with Crippen LogP contribution in [0.25, 0.3) is 0 Å².